The van der Waals surface area contributed by atoms with Crippen molar-refractivity contribution in [3.05, 3.63) is 24.2 Å². The predicted molar refractivity (Wildman–Crippen MR) is 93.4 cm³/mol. The second kappa shape index (κ2) is 5.61. The minimum Gasteiger partial charge on any atom is -0.467 e. The Morgan fingerprint density at radius 1 is 1.40 bits per heavy atom. The quantitative estimate of drug-likeness (QED) is 0.913. The second-order valence-electron chi connectivity index (χ2n) is 8.93. The third kappa shape index (κ3) is 2.51. The van der Waals surface area contributed by atoms with Crippen LogP contribution in [0.15, 0.2) is 22.8 Å². The van der Waals surface area contributed by atoms with E-state index in [4.69, 9.17) is 4.42 Å². The minimum absolute atomic E-state index is 0.0380. The molecule has 4 atom stereocenters. The maximum Gasteiger partial charge on any atom is 0.225 e. The lowest BCUT2D eigenvalue weighted by molar-refractivity contribution is -0.129. The van der Waals surface area contributed by atoms with Gasteiger partial charge in [-0.3, -0.25) is 9.59 Å². The molecule has 5 nitrogen and oxygen atoms in total. The molecule has 3 aliphatic rings. The zero-order valence-corrected chi connectivity index (χ0v) is 15.4. The fourth-order valence-corrected chi connectivity index (χ4v) is 5.40. The second-order valence-corrected chi connectivity index (χ2v) is 8.93. The molecule has 2 amide bonds. The van der Waals surface area contributed by atoms with Crippen LogP contribution < -0.4 is 5.32 Å². The van der Waals surface area contributed by atoms with E-state index in [0.29, 0.717) is 25.4 Å². The largest absolute Gasteiger partial charge is 0.467 e. The molecule has 2 bridgehead atoms. The number of nitrogens with zero attached hydrogens (tertiary/aromatic N) is 1. The van der Waals surface area contributed by atoms with Crippen LogP contribution >= 0.6 is 0 Å². The van der Waals surface area contributed by atoms with Gasteiger partial charge in [-0.25, -0.2) is 0 Å². The number of carbonyl (C=O) groups excluding carboxylic acids is 2. The molecule has 0 aromatic carbocycles. The molecule has 2 aliphatic carbocycles. The highest BCUT2D eigenvalue weighted by molar-refractivity contribution is 5.89. The van der Waals surface area contributed by atoms with Crippen molar-refractivity contribution in [1.82, 2.24) is 10.2 Å². The fourth-order valence-electron chi connectivity index (χ4n) is 5.40. The van der Waals surface area contributed by atoms with Gasteiger partial charge in [0.15, 0.2) is 0 Å². The third-order valence-corrected chi connectivity index (χ3v) is 7.62. The SMILES string of the molecule is CC1(C)[C@H]2CC[C@@]1(C)[C@@H](NC(=O)[C@H]1CC(=O)N(Cc3ccco3)C1)C2. The average molecular weight is 344 g/mol. The van der Waals surface area contributed by atoms with Crippen LogP contribution in [-0.4, -0.2) is 29.3 Å². The maximum absolute atomic E-state index is 12.8. The molecule has 1 saturated heterocycles. The molecule has 25 heavy (non-hydrogen) atoms. The molecule has 1 aliphatic heterocycles. The van der Waals surface area contributed by atoms with E-state index in [1.54, 1.807) is 11.2 Å². The van der Waals surface area contributed by atoms with Crippen molar-refractivity contribution in [3.63, 3.8) is 0 Å². The van der Waals surface area contributed by atoms with Gasteiger partial charge >= 0.3 is 0 Å². The highest BCUT2D eigenvalue weighted by Crippen LogP contribution is 2.65. The number of amides is 2. The van der Waals surface area contributed by atoms with Crippen LogP contribution in [0, 0.1) is 22.7 Å². The van der Waals surface area contributed by atoms with E-state index in [9.17, 15) is 9.59 Å². The van der Waals surface area contributed by atoms with E-state index in [1.807, 2.05) is 12.1 Å². The Hall–Kier alpha value is -1.78. The molecule has 4 rings (SSSR count). The van der Waals surface area contributed by atoms with Crippen LogP contribution in [0.5, 0.6) is 0 Å². The molecule has 3 fully saturated rings. The number of likely N-dealkylation sites (tertiary alicyclic amines) is 1. The zero-order valence-electron chi connectivity index (χ0n) is 15.4. The molecule has 5 heteroatoms. The summed E-state index contributed by atoms with van der Waals surface area (Å²) in [6.07, 6.45) is 5.45. The van der Waals surface area contributed by atoms with Crippen molar-refractivity contribution in [3.8, 4) is 0 Å². The van der Waals surface area contributed by atoms with E-state index in [1.165, 1.54) is 12.8 Å². The first kappa shape index (κ1) is 16.7. The van der Waals surface area contributed by atoms with Crippen molar-refractivity contribution >= 4 is 11.8 Å². The summed E-state index contributed by atoms with van der Waals surface area (Å²) in [5.74, 6) is 1.30. The maximum atomic E-state index is 12.8. The number of nitrogens with one attached hydrogen (secondary N) is 1. The Labute approximate surface area is 149 Å². The summed E-state index contributed by atoms with van der Waals surface area (Å²) in [5.41, 5.74) is 0.450. The van der Waals surface area contributed by atoms with Gasteiger partial charge in [0, 0.05) is 19.0 Å². The van der Waals surface area contributed by atoms with Crippen molar-refractivity contribution in [2.45, 2.75) is 59.0 Å². The first-order valence-corrected chi connectivity index (χ1v) is 9.42. The Kier molecular flexibility index (Phi) is 3.74. The highest BCUT2D eigenvalue weighted by Gasteiger charge is 2.61. The van der Waals surface area contributed by atoms with E-state index in [0.717, 1.165) is 12.2 Å². The summed E-state index contributed by atoms with van der Waals surface area (Å²) in [4.78, 5) is 26.8. The first-order chi connectivity index (χ1) is 11.8. The lowest BCUT2D eigenvalue weighted by atomic mass is 9.69. The smallest absolute Gasteiger partial charge is 0.225 e. The number of hydrogen-bond donors (Lipinski definition) is 1. The van der Waals surface area contributed by atoms with Gasteiger partial charge < -0.3 is 14.6 Å². The van der Waals surface area contributed by atoms with Crippen LogP contribution in [-0.2, 0) is 16.1 Å². The zero-order chi connectivity index (χ0) is 17.8. The molecule has 136 valence electrons. The Morgan fingerprint density at radius 2 is 2.20 bits per heavy atom. The van der Waals surface area contributed by atoms with Gasteiger partial charge in [-0.1, -0.05) is 20.8 Å². The number of hydrogen-bond acceptors (Lipinski definition) is 3. The lowest BCUT2D eigenvalue weighted by Crippen LogP contribution is -2.48. The fraction of sp³-hybridized carbons (Fsp3) is 0.700. The van der Waals surface area contributed by atoms with Crippen LogP contribution in [0.2, 0.25) is 0 Å². The summed E-state index contributed by atoms with van der Waals surface area (Å²) >= 11 is 0. The molecule has 0 spiro atoms. The Bertz CT molecular complexity index is 681. The molecule has 0 unspecified atom stereocenters. The van der Waals surface area contributed by atoms with Crippen LogP contribution in [0.25, 0.3) is 0 Å². The number of fused-ring (bicyclic) bond motifs is 2. The van der Waals surface area contributed by atoms with Crippen LogP contribution in [0.4, 0.5) is 0 Å². The van der Waals surface area contributed by atoms with E-state index in [2.05, 4.69) is 26.1 Å². The topological polar surface area (TPSA) is 62.6 Å². The molecular formula is C20H28N2O3. The Morgan fingerprint density at radius 3 is 2.80 bits per heavy atom. The summed E-state index contributed by atoms with van der Waals surface area (Å²) in [5, 5.41) is 3.31. The van der Waals surface area contributed by atoms with Gasteiger partial charge in [0.05, 0.1) is 18.7 Å². The van der Waals surface area contributed by atoms with Crippen LogP contribution in [0.3, 0.4) is 0 Å². The summed E-state index contributed by atoms with van der Waals surface area (Å²) in [6.45, 7) is 7.96. The van der Waals surface area contributed by atoms with Gasteiger partial charge in [0.1, 0.15) is 5.76 Å². The molecular weight excluding hydrogens is 316 g/mol. The standard InChI is InChI=1S/C20H28N2O3/c1-19(2)14-6-7-20(19,3)16(10-14)21-18(24)13-9-17(23)22(11-13)12-15-5-4-8-25-15/h4-5,8,13-14,16H,6-7,9-12H2,1-3H3,(H,21,24)/t13-,14-,16-,20-/m0/s1. The van der Waals surface area contributed by atoms with Crippen molar-refractivity contribution in [1.29, 1.82) is 0 Å². The van der Waals surface area contributed by atoms with Gasteiger partial charge in [0.25, 0.3) is 0 Å². The number of rotatable bonds is 4. The Balaban J connectivity index is 1.39. The van der Waals surface area contributed by atoms with Crippen molar-refractivity contribution in [2.24, 2.45) is 22.7 Å². The number of furan rings is 1. The van der Waals surface area contributed by atoms with Crippen molar-refractivity contribution in [2.75, 3.05) is 6.54 Å². The highest BCUT2D eigenvalue weighted by atomic mass is 16.3. The monoisotopic (exact) mass is 344 g/mol. The molecule has 2 heterocycles. The molecule has 2 saturated carbocycles. The average Bonchev–Trinajstić information content (AvgIpc) is 3.27. The summed E-state index contributed by atoms with van der Waals surface area (Å²) < 4.78 is 5.32. The molecule has 0 radical (unpaired) electrons. The van der Waals surface area contributed by atoms with Crippen molar-refractivity contribution < 1.29 is 14.0 Å². The number of carbonyl (C=O) groups is 2. The minimum atomic E-state index is -0.242. The summed E-state index contributed by atoms with van der Waals surface area (Å²) in [7, 11) is 0. The van der Waals surface area contributed by atoms with E-state index in [-0.39, 0.29) is 34.6 Å². The van der Waals surface area contributed by atoms with E-state index < -0.39 is 0 Å². The van der Waals surface area contributed by atoms with Gasteiger partial charge in [-0.15, -0.1) is 0 Å². The van der Waals surface area contributed by atoms with Gasteiger partial charge in [-0.2, -0.15) is 0 Å². The molecule has 1 N–H and O–H groups in total. The third-order valence-electron chi connectivity index (χ3n) is 7.62. The summed E-state index contributed by atoms with van der Waals surface area (Å²) in [6, 6.07) is 3.92. The van der Waals surface area contributed by atoms with E-state index >= 15 is 0 Å². The van der Waals surface area contributed by atoms with Gasteiger partial charge in [0.2, 0.25) is 11.8 Å². The van der Waals surface area contributed by atoms with Crippen LogP contribution in [0.1, 0.15) is 52.2 Å². The predicted octanol–water partition coefficient (Wildman–Crippen LogP) is 2.96. The first-order valence-electron chi connectivity index (χ1n) is 9.42. The molecule has 1 aromatic heterocycles. The lowest BCUT2D eigenvalue weighted by Gasteiger charge is -2.39. The van der Waals surface area contributed by atoms with Gasteiger partial charge in [-0.05, 0) is 48.1 Å². The molecule has 1 aromatic rings. The normalized spacial score (nSPS) is 36.2.